The fourth-order valence-electron chi connectivity index (χ4n) is 1.57. The number of nitrogens with one attached hydrogen (secondary N) is 1. The van der Waals surface area contributed by atoms with Crippen molar-refractivity contribution in [2.75, 3.05) is 18.8 Å². The molecular formula is C13H12ClN3O3S. The Kier molecular flexibility index (Phi) is 4.87. The largest absolute Gasteiger partial charge is 0.464 e. The van der Waals surface area contributed by atoms with Crippen LogP contribution in [0.15, 0.2) is 35.4 Å². The Morgan fingerprint density at radius 3 is 2.81 bits per heavy atom. The van der Waals surface area contributed by atoms with Gasteiger partial charge in [-0.15, -0.1) is 16.9 Å². The number of amides is 1. The fraction of sp³-hybridized carbons (Fsp3) is 0.154. The fourth-order valence-corrected chi connectivity index (χ4v) is 2.21. The number of halogens is 1. The van der Waals surface area contributed by atoms with Gasteiger partial charge in [-0.25, -0.2) is 10.2 Å². The van der Waals surface area contributed by atoms with Crippen LogP contribution in [0, 0.1) is 0 Å². The number of nitrogens with zero attached hydrogens (tertiary/aromatic N) is 2. The number of methoxy groups -OCH3 is 1. The number of benzene rings is 1. The van der Waals surface area contributed by atoms with Crippen LogP contribution in [-0.2, 0) is 4.74 Å². The van der Waals surface area contributed by atoms with Crippen molar-refractivity contribution in [1.29, 1.82) is 0 Å². The molecule has 0 bridgehead atoms. The number of hydrogen-bond donors (Lipinski definition) is 1. The maximum atomic E-state index is 12.2. The van der Waals surface area contributed by atoms with Gasteiger partial charge in [0.1, 0.15) is 0 Å². The summed E-state index contributed by atoms with van der Waals surface area (Å²) < 4.78 is 4.54. The Hall–Kier alpha value is -1.99. The van der Waals surface area contributed by atoms with E-state index < -0.39 is 11.9 Å². The van der Waals surface area contributed by atoms with Gasteiger partial charge in [-0.1, -0.05) is 11.6 Å². The Bertz CT molecular complexity index is 687. The lowest BCUT2D eigenvalue weighted by molar-refractivity contribution is 0.0592. The maximum Gasteiger partial charge on any atom is 0.358 e. The van der Waals surface area contributed by atoms with E-state index in [9.17, 15) is 9.59 Å². The molecule has 0 aliphatic rings. The molecule has 0 unspecified atom stereocenters. The first-order chi connectivity index (χ1) is 10.0. The number of carbonyl (C=O) groups is 2. The Morgan fingerprint density at radius 1 is 1.38 bits per heavy atom. The predicted molar refractivity (Wildman–Crippen MR) is 80.5 cm³/mol. The molecule has 0 atom stereocenters. The highest BCUT2D eigenvalue weighted by atomic mass is 35.5. The summed E-state index contributed by atoms with van der Waals surface area (Å²) in [5.41, 5.74) is 2.95. The summed E-state index contributed by atoms with van der Waals surface area (Å²) in [5, 5.41) is 4.22. The third-order valence-electron chi connectivity index (χ3n) is 2.62. The van der Waals surface area contributed by atoms with Gasteiger partial charge >= 0.3 is 5.97 Å². The van der Waals surface area contributed by atoms with Crippen molar-refractivity contribution < 1.29 is 14.3 Å². The average molecular weight is 326 g/mol. The molecule has 0 aliphatic carbocycles. The summed E-state index contributed by atoms with van der Waals surface area (Å²) in [6, 6.07) is 6.61. The summed E-state index contributed by atoms with van der Waals surface area (Å²) in [7, 11) is 1.26. The van der Waals surface area contributed by atoms with Gasteiger partial charge in [0, 0.05) is 11.1 Å². The molecule has 1 aromatic heterocycles. The minimum Gasteiger partial charge on any atom is -0.464 e. The highest BCUT2D eigenvalue weighted by Crippen LogP contribution is 2.23. The number of thioether (sulfide) groups is 1. The van der Waals surface area contributed by atoms with E-state index in [2.05, 4.69) is 15.3 Å². The van der Waals surface area contributed by atoms with Crippen molar-refractivity contribution in [3.05, 3.63) is 46.7 Å². The third kappa shape index (κ3) is 3.56. The van der Waals surface area contributed by atoms with Gasteiger partial charge in [0.25, 0.3) is 5.91 Å². The molecule has 1 heterocycles. The lowest BCUT2D eigenvalue weighted by Crippen LogP contribution is -2.24. The summed E-state index contributed by atoms with van der Waals surface area (Å²) >= 11 is 7.52. The zero-order chi connectivity index (χ0) is 15.4. The second kappa shape index (κ2) is 6.64. The van der Waals surface area contributed by atoms with Gasteiger partial charge in [-0.05, 0) is 30.5 Å². The average Bonchev–Trinajstić information content (AvgIpc) is 2.95. The van der Waals surface area contributed by atoms with E-state index in [0.717, 1.165) is 9.69 Å². The van der Waals surface area contributed by atoms with Gasteiger partial charge in [-0.3, -0.25) is 4.79 Å². The molecule has 1 N–H and O–H groups in total. The smallest absolute Gasteiger partial charge is 0.358 e. The van der Waals surface area contributed by atoms with Crippen LogP contribution in [0.1, 0.15) is 20.8 Å². The number of aromatic nitrogens is 2. The zero-order valence-corrected chi connectivity index (χ0v) is 12.9. The number of carbonyl (C=O) groups excluding carboxylic acids is 2. The lowest BCUT2D eigenvalue weighted by atomic mass is 10.2. The standard InChI is InChI=1S/C13H12ClN3O3S/c1-20-13(19)11-5-6-17(15-11)16-12(18)9-7-8(21-2)3-4-10(9)14/h3-7H,1-2H3,(H,16,18). The highest BCUT2D eigenvalue weighted by Gasteiger charge is 2.14. The molecule has 1 amide bonds. The van der Waals surface area contributed by atoms with Crippen molar-refractivity contribution in [3.63, 3.8) is 0 Å². The summed E-state index contributed by atoms with van der Waals surface area (Å²) in [4.78, 5) is 25.5. The summed E-state index contributed by atoms with van der Waals surface area (Å²) in [6.45, 7) is 0. The van der Waals surface area contributed by atoms with Crippen LogP contribution in [0.4, 0.5) is 0 Å². The van der Waals surface area contributed by atoms with Crippen LogP contribution in [0.25, 0.3) is 0 Å². The normalized spacial score (nSPS) is 10.2. The van der Waals surface area contributed by atoms with Crippen molar-refractivity contribution in [1.82, 2.24) is 9.89 Å². The van der Waals surface area contributed by atoms with Gasteiger partial charge in [0.2, 0.25) is 0 Å². The molecule has 0 spiro atoms. The minimum absolute atomic E-state index is 0.0989. The second-order valence-electron chi connectivity index (χ2n) is 3.92. The topological polar surface area (TPSA) is 73.2 Å². The molecule has 0 aliphatic heterocycles. The maximum absolute atomic E-state index is 12.2. The molecule has 0 saturated carbocycles. The molecule has 2 rings (SSSR count). The third-order valence-corrected chi connectivity index (χ3v) is 3.67. The first-order valence-corrected chi connectivity index (χ1v) is 7.44. The first kappa shape index (κ1) is 15.4. The first-order valence-electron chi connectivity index (χ1n) is 5.84. The van der Waals surface area contributed by atoms with Gasteiger partial charge in [0.05, 0.1) is 17.7 Å². The van der Waals surface area contributed by atoms with Crippen molar-refractivity contribution in [2.45, 2.75) is 4.90 Å². The molecule has 8 heteroatoms. The molecule has 6 nitrogen and oxygen atoms in total. The van der Waals surface area contributed by atoms with Crippen molar-refractivity contribution in [2.24, 2.45) is 0 Å². The SMILES string of the molecule is COC(=O)c1ccn(NC(=O)c2cc(SC)ccc2Cl)n1. The molecule has 0 fully saturated rings. The van der Waals surface area contributed by atoms with E-state index in [-0.39, 0.29) is 5.69 Å². The van der Waals surface area contributed by atoms with Crippen molar-refractivity contribution in [3.8, 4) is 0 Å². The van der Waals surface area contributed by atoms with Gasteiger partial charge in [-0.2, -0.15) is 4.79 Å². The Balaban J connectivity index is 2.18. The van der Waals surface area contributed by atoms with E-state index in [0.29, 0.717) is 10.6 Å². The lowest BCUT2D eigenvalue weighted by Gasteiger charge is -2.07. The molecule has 0 saturated heterocycles. The number of rotatable bonds is 4. The van der Waals surface area contributed by atoms with Crippen LogP contribution in [0.3, 0.4) is 0 Å². The molecule has 110 valence electrons. The molecular weight excluding hydrogens is 314 g/mol. The number of ether oxygens (including phenoxy) is 1. The van der Waals surface area contributed by atoms with Crippen LogP contribution in [0.2, 0.25) is 5.02 Å². The van der Waals surface area contributed by atoms with E-state index in [1.54, 1.807) is 12.1 Å². The summed E-state index contributed by atoms with van der Waals surface area (Å²) in [6.07, 6.45) is 3.34. The number of hydrogen-bond acceptors (Lipinski definition) is 5. The van der Waals surface area contributed by atoms with E-state index in [4.69, 9.17) is 11.6 Å². The van der Waals surface area contributed by atoms with Crippen molar-refractivity contribution >= 4 is 35.2 Å². The molecule has 21 heavy (non-hydrogen) atoms. The summed E-state index contributed by atoms with van der Waals surface area (Å²) in [5.74, 6) is -0.999. The zero-order valence-electron chi connectivity index (χ0n) is 11.3. The van der Waals surface area contributed by atoms with Crippen LogP contribution >= 0.6 is 23.4 Å². The van der Waals surface area contributed by atoms with Crippen LogP contribution < -0.4 is 5.43 Å². The molecule has 1 aromatic carbocycles. The monoisotopic (exact) mass is 325 g/mol. The van der Waals surface area contributed by atoms with E-state index >= 15 is 0 Å². The second-order valence-corrected chi connectivity index (χ2v) is 5.21. The van der Waals surface area contributed by atoms with Gasteiger partial charge in [0.15, 0.2) is 5.69 Å². The van der Waals surface area contributed by atoms with Crippen LogP contribution in [0.5, 0.6) is 0 Å². The Labute approximate surface area is 130 Å². The molecule has 0 radical (unpaired) electrons. The minimum atomic E-state index is -0.578. The Morgan fingerprint density at radius 2 is 2.14 bits per heavy atom. The van der Waals surface area contributed by atoms with E-state index in [1.165, 1.54) is 31.1 Å². The van der Waals surface area contributed by atoms with Crippen LogP contribution in [-0.4, -0.2) is 35.1 Å². The predicted octanol–water partition coefficient (Wildman–Crippen LogP) is 2.43. The molecule has 2 aromatic rings. The quantitative estimate of drug-likeness (QED) is 0.690. The number of esters is 1. The highest BCUT2D eigenvalue weighted by molar-refractivity contribution is 7.98. The van der Waals surface area contributed by atoms with E-state index in [1.807, 2.05) is 12.3 Å². The van der Waals surface area contributed by atoms with Gasteiger partial charge < -0.3 is 4.74 Å².